The molecule has 3 rings (SSSR count). The number of amides is 1. The van der Waals surface area contributed by atoms with Crippen molar-refractivity contribution in [1.29, 1.82) is 0 Å². The van der Waals surface area contributed by atoms with Crippen molar-refractivity contribution in [3.05, 3.63) is 59.7 Å². The van der Waals surface area contributed by atoms with Crippen LogP contribution >= 0.6 is 0 Å². The number of esters is 1. The second-order valence-corrected chi connectivity index (χ2v) is 6.20. The number of para-hydroxylation sites is 1. The van der Waals surface area contributed by atoms with Gasteiger partial charge in [-0.15, -0.1) is 0 Å². The van der Waals surface area contributed by atoms with Gasteiger partial charge in [0.1, 0.15) is 0 Å². The van der Waals surface area contributed by atoms with E-state index in [1.54, 1.807) is 38.1 Å². The third kappa shape index (κ3) is 4.63. The molecular weight excluding hydrogens is 372 g/mol. The number of benzene rings is 2. The monoisotopic (exact) mass is 394 g/mol. The molecule has 0 aromatic heterocycles. The smallest absolute Gasteiger partial charge is 0.344 e. The number of nitrogens with zero attached hydrogens (tertiary/aromatic N) is 2. The number of methoxy groups -OCH3 is 1. The number of rotatable bonds is 7. The highest BCUT2D eigenvalue weighted by Crippen LogP contribution is 2.30. The van der Waals surface area contributed by atoms with Gasteiger partial charge < -0.3 is 14.2 Å². The van der Waals surface area contributed by atoms with Crippen molar-refractivity contribution in [2.24, 2.45) is 5.10 Å². The fourth-order valence-corrected chi connectivity index (χ4v) is 2.83. The summed E-state index contributed by atoms with van der Waals surface area (Å²) in [7, 11) is 1.51. The van der Waals surface area contributed by atoms with Gasteiger partial charge in [0, 0.05) is 0 Å². The number of hydrazone groups is 1. The molecule has 7 heteroatoms. The SMILES string of the molecule is CCOC(=O)COc1ccc(/C=C2\C(=O)N(c3ccccc3)N=C2C)cc1OC. The number of hydrogen-bond donors (Lipinski definition) is 0. The molecule has 150 valence electrons. The van der Waals surface area contributed by atoms with E-state index >= 15 is 0 Å². The highest BCUT2D eigenvalue weighted by atomic mass is 16.6. The molecule has 0 unspecified atom stereocenters. The number of anilines is 1. The molecule has 0 radical (unpaired) electrons. The summed E-state index contributed by atoms with van der Waals surface area (Å²) >= 11 is 0. The van der Waals surface area contributed by atoms with Crippen LogP contribution in [-0.2, 0) is 14.3 Å². The summed E-state index contributed by atoms with van der Waals surface area (Å²) in [6, 6.07) is 14.5. The maximum atomic E-state index is 12.8. The predicted octanol–water partition coefficient (Wildman–Crippen LogP) is 3.44. The first-order chi connectivity index (χ1) is 14.0. The molecule has 1 aliphatic rings. The number of carbonyl (C=O) groups excluding carboxylic acids is 2. The van der Waals surface area contributed by atoms with Crippen LogP contribution in [0.2, 0.25) is 0 Å². The first-order valence-electron chi connectivity index (χ1n) is 9.16. The molecule has 0 fully saturated rings. The Kier molecular flexibility index (Phi) is 6.29. The zero-order chi connectivity index (χ0) is 20.8. The van der Waals surface area contributed by atoms with Gasteiger partial charge in [-0.3, -0.25) is 4.79 Å². The highest BCUT2D eigenvalue weighted by Gasteiger charge is 2.28. The summed E-state index contributed by atoms with van der Waals surface area (Å²) in [5.41, 5.74) is 2.58. The van der Waals surface area contributed by atoms with Crippen molar-refractivity contribution in [1.82, 2.24) is 0 Å². The number of carbonyl (C=O) groups is 2. The summed E-state index contributed by atoms with van der Waals surface area (Å²) < 4.78 is 15.7. The Morgan fingerprint density at radius 1 is 1.14 bits per heavy atom. The summed E-state index contributed by atoms with van der Waals surface area (Å²) in [5.74, 6) is 0.209. The van der Waals surface area contributed by atoms with Crippen molar-refractivity contribution in [2.75, 3.05) is 25.3 Å². The van der Waals surface area contributed by atoms with Gasteiger partial charge in [0.25, 0.3) is 5.91 Å². The summed E-state index contributed by atoms with van der Waals surface area (Å²) in [6.07, 6.45) is 1.75. The van der Waals surface area contributed by atoms with Gasteiger partial charge in [-0.05, 0) is 49.8 Å². The van der Waals surface area contributed by atoms with Crippen molar-refractivity contribution >= 4 is 29.4 Å². The van der Waals surface area contributed by atoms with Crippen LogP contribution in [0.1, 0.15) is 19.4 Å². The zero-order valence-electron chi connectivity index (χ0n) is 16.5. The lowest BCUT2D eigenvalue weighted by Crippen LogP contribution is -2.21. The second kappa shape index (κ2) is 9.05. The minimum absolute atomic E-state index is 0.199. The minimum atomic E-state index is -0.454. The first kappa shape index (κ1) is 20.1. The molecule has 0 N–H and O–H groups in total. The molecule has 1 amide bonds. The molecule has 1 aliphatic heterocycles. The third-order valence-electron chi connectivity index (χ3n) is 4.21. The van der Waals surface area contributed by atoms with Gasteiger partial charge >= 0.3 is 5.97 Å². The normalized spacial score (nSPS) is 14.7. The number of hydrogen-bond acceptors (Lipinski definition) is 6. The van der Waals surface area contributed by atoms with Crippen LogP contribution in [0.15, 0.2) is 59.2 Å². The van der Waals surface area contributed by atoms with E-state index < -0.39 is 5.97 Å². The maximum Gasteiger partial charge on any atom is 0.344 e. The lowest BCUT2D eigenvalue weighted by Gasteiger charge is -2.12. The van der Waals surface area contributed by atoms with E-state index in [1.165, 1.54) is 12.1 Å². The van der Waals surface area contributed by atoms with Crippen molar-refractivity contribution < 1.29 is 23.8 Å². The Labute approximate surface area is 169 Å². The molecule has 29 heavy (non-hydrogen) atoms. The van der Waals surface area contributed by atoms with E-state index in [-0.39, 0.29) is 12.5 Å². The van der Waals surface area contributed by atoms with Crippen LogP contribution in [0.5, 0.6) is 11.5 Å². The Balaban J connectivity index is 1.80. The van der Waals surface area contributed by atoms with Crippen LogP contribution in [0.4, 0.5) is 5.69 Å². The van der Waals surface area contributed by atoms with E-state index in [0.29, 0.717) is 35.1 Å². The third-order valence-corrected chi connectivity index (χ3v) is 4.21. The lowest BCUT2D eigenvalue weighted by molar-refractivity contribution is -0.145. The van der Waals surface area contributed by atoms with Gasteiger partial charge in [0.2, 0.25) is 0 Å². The maximum absolute atomic E-state index is 12.8. The Bertz CT molecular complexity index is 966. The molecule has 1 heterocycles. The van der Waals surface area contributed by atoms with E-state index in [9.17, 15) is 9.59 Å². The average molecular weight is 394 g/mol. The molecule has 7 nitrogen and oxygen atoms in total. The van der Waals surface area contributed by atoms with Crippen LogP contribution in [0.3, 0.4) is 0 Å². The summed E-state index contributed by atoms with van der Waals surface area (Å²) in [5, 5.41) is 5.75. The van der Waals surface area contributed by atoms with Gasteiger partial charge in [-0.25, -0.2) is 4.79 Å². The molecule has 0 saturated heterocycles. The fourth-order valence-electron chi connectivity index (χ4n) is 2.83. The standard InChI is InChI=1S/C22H22N2O5/c1-4-28-21(25)14-29-19-11-10-16(13-20(19)27-3)12-18-15(2)23-24(22(18)26)17-8-6-5-7-9-17/h5-13H,4,14H2,1-3H3/b18-12-. The van der Waals surface area contributed by atoms with Gasteiger partial charge in [0.05, 0.1) is 30.7 Å². The van der Waals surface area contributed by atoms with Crippen molar-refractivity contribution in [3.8, 4) is 11.5 Å². The quantitative estimate of drug-likeness (QED) is 0.531. The molecule has 0 spiro atoms. The van der Waals surface area contributed by atoms with Gasteiger partial charge in [-0.2, -0.15) is 10.1 Å². The van der Waals surface area contributed by atoms with Crippen LogP contribution in [0.25, 0.3) is 6.08 Å². The Morgan fingerprint density at radius 3 is 2.59 bits per heavy atom. The van der Waals surface area contributed by atoms with Crippen molar-refractivity contribution in [3.63, 3.8) is 0 Å². The fraction of sp³-hybridized carbons (Fsp3) is 0.227. The van der Waals surface area contributed by atoms with Crippen LogP contribution in [-0.4, -0.2) is 37.9 Å². The zero-order valence-corrected chi connectivity index (χ0v) is 16.5. The van der Waals surface area contributed by atoms with Gasteiger partial charge in [0.15, 0.2) is 18.1 Å². The molecule has 0 aliphatic carbocycles. The Morgan fingerprint density at radius 2 is 1.90 bits per heavy atom. The average Bonchev–Trinajstić information content (AvgIpc) is 3.01. The van der Waals surface area contributed by atoms with Crippen LogP contribution < -0.4 is 14.5 Å². The molecule has 0 bridgehead atoms. The largest absolute Gasteiger partial charge is 0.493 e. The van der Waals surface area contributed by atoms with E-state index in [1.807, 2.05) is 30.3 Å². The first-order valence-corrected chi connectivity index (χ1v) is 9.16. The van der Waals surface area contributed by atoms with Crippen molar-refractivity contribution in [2.45, 2.75) is 13.8 Å². The topological polar surface area (TPSA) is 77.4 Å². The van der Waals surface area contributed by atoms with E-state index in [4.69, 9.17) is 14.2 Å². The van der Waals surface area contributed by atoms with E-state index in [0.717, 1.165) is 5.56 Å². The number of ether oxygens (including phenoxy) is 3. The molecule has 0 saturated carbocycles. The molecule has 0 atom stereocenters. The van der Waals surface area contributed by atoms with Crippen LogP contribution in [0, 0.1) is 0 Å². The van der Waals surface area contributed by atoms with Gasteiger partial charge in [-0.1, -0.05) is 24.3 Å². The molecule has 2 aromatic rings. The summed E-state index contributed by atoms with van der Waals surface area (Å²) in [6.45, 7) is 3.61. The molecular formula is C22H22N2O5. The highest BCUT2D eigenvalue weighted by molar-refractivity contribution is 6.32. The minimum Gasteiger partial charge on any atom is -0.493 e. The van der Waals surface area contributed by atoms with E-state index in [2.05, 4.69) is 5.10 Å². The lowest BCUT2D eigenvalue weighted by atomic mass is 10.1. The summed E-state index contributed by atoms with van der Waals surface area (Å²) in [4.78, 5) is 24.3. The molecule has 2 aromatic carbocycles. The Hall–Kier alpha value is -3.61. The second-order valence-electron chi connectivity index (χ2n) is 6.20. The predicted molar refractivity (Wildman–Crippen MR) is 110 cm³/mol.